The van der Waals surface area contributed by atoms with Crippen molar-refractivity contribution >= 4 is 34.4 Å². The molecule has 0 spiro atoms. The molecule has 0 rings (SSSR count). The van der Waals surface area contributed by atoms with Crippen LogP contribution in [0.2, 0.25) is 0 Å². The Morgan fingerprint density at radius 1 is 1.00 bits per heavy atom. The van der Waals surface area contributed by atoms with Crippen LogP contribution in [0, 0.1) is 0 Å². The van der Waals surface area contributed by atoms with Crippen LogP contribution in [0.1, 0.15) is 0 Å². The average Bonchev–Trinajstić information content (AvgIpc) is 1.37. The van der Waals surface area contributed by atoms with Gasteiger partial charge in [0, 0.05) is 0 Å². The van der Waals surface area contributed by atoms with E-state index >= 15 is 0 Å². The average molecular weight is 36.0 g/mol. The van der Waals surface area contributed by atoms with Crippen LogP contribution in [-0.2, 0) is 0 Å². The molecule has 0 aromatic carbocycles. The van der Waals surface area contributed by atoms with Gasteiger partial charge in [0.2, 0.25) is 0 Å². The summed E-state index contributed by atoms with van der Waals surface area (Å²) in [6.45, 7) is 0. The predicted molar refractivity (Wildman–Crippen MR) is 23.0 cm³/mol. The molecule has 2 radical (unpaired) electrons. The Morgan fingerprint density at radius 3 is 1.25 bits per heavy atom. The van der Waals surface area contributed by atoms with Crippen LogP contribution in [0.5, 0.6) is 0 Å². The first-order chi connectivity index (χ1) is 1.91. The van der Waals surface area contributed by atoms with Crippen molar-refractivity contribution in [2.45, 2.75) is 0 Å². The summed E-state index contributed by atoms with van der Waals surface area (Å²) in [6.07, 6.45) is 0. The molecule has 8 valence electrons. The SMILES string of the molecule is [Be][Be][Be][Be]. The van der Waals surface area contributed by atoms with Crippen LogP contribution in [0.4, 0.5) is 0 Å². The molecular weight excluding hydrogens is 36.0 g/mol. The predicted octanol–water partition coefficient (Wildman–Crippen LogP) is -1.52. The van der Waals surface area contributed by atoms with Crippen LogP contribution >= 0.6 is 0 Å². The minimum atomic E-state index is 0.958. The van der Waals surface area contributed by atoms with E-state index in [4.69, 9.17) is 0 Å². The Balaban J connectivity index is 1.97. The molecule has 0 aromatic rings. The molecule has 0 N–H and O–H groups in total. The van der Waals surface area contributed by atoms with Gasteiger partial charge < -0.3 is 0 Å². The fourth-order valence-electron chi connectivity index (χ4n) is 0. The van der Waals surface area contributed by atoms with Crippen molar-refractivity contribution in [3.63, 3.8) is 0 Å². The molecule has 0 aromatic heterocycles. The zero-order valence-corrected chi connectivity index (χ0v) is 2.83. The van der Waals surface area contributed by atoms with Crippen molar-refractivity contribution in [2.75, 3.05) is 0 Å². The second kappa shape index (κ2) is 3.68. The first kappa shape index (κ1) is 4.68. The number of hydrogen-bond acceptors (Lipinski definition) is 0. The van der Waals surface area contributed by atoms with E-state index in [2.05, 4.69) is 18.2 Å². The van der Waals surface area contributed by atoms with E-state index in [0.29, 0.717) is 0 Å². The fourth-order valence-corrected chi connectivity index (χ4v) is 0. The summed E-state index contributed by atoms with van der Waals surface area (Å²) in [6, 6.07) is 0. The molecule has 0 aliphatic carbocycles. The summed E-state index contributed by atoms with van der Waals surface area (Å²) in [5.41, 5.74) is 0. The molecule has 0 saturated carbocycles. The maximum atomic E-state index is 3.54. The fraction of sp³-hybridized carbons (Fsp3) is 0. The van der Waals surface area contributed by atoms with Gasteiger partial charge in [0.1, 0.15) is 0 Å². The van der Waals surface area contributed by atoms with Gasteiger partial charge in [0.15, 0.2) is 0 Å². The zero-order chi connectivity index (χ0) is 3.41. The van der Waals surface area contributed by atoms with E-state index in [9.17, 15) is 0 Å². The van der Waals surface area contributed by atoms with Crippen molar-refractivity contribution in [1.29, 1.82) is 0 Å². The van der Waals surface area contributed by atoms with Crippen molar-refractivity contribution in [3.8, 4) is 0 Å². The standard InChI is InChI=1S/4Be. The molecule has 0 atom stereocenters. The Morgan fingerprint density at radius 2 is 1.25 bits per heavy atom. The van der Waals surface area contributed by atoms with Crippen LogP contribution in [0.25, 0.3) is 0 Å². The van der Waals surface area contributed by atoms with E-state index in [1.165, 1.54) is 0 Å². The minimum absolute atomic E-state index is 0.958. The molecule has 0 unspecified atom stereocenters. The van der Waals surface area contributed by atoms with Crippen LogP contribution in [-0.4, -0.2) is 34.4 Å². The Labute approximate surface area is 35.1 Å². The van der Waals surface area contributed by atoms with E-state index in [1.807, 2.05) is 0 Å². The van der Waals surface area contributed by atoms with Crippen molar-refractivity contribution < 1.29 is 0 Å². The van der Waals surface area contributed by atoms with E-state index < -0.39 is 0 Å². The van der Waals surface area contributed by atoms with Crippen molar-refractivity contribution in [1.82, 2.24) is 0 Å². The van der Waals surface area contributed by atoms with Gasteiger partial charge in [0.25, 0.3) is 0 Å². The van der Waals surface area contributed by atoms with Gasteiger partial charge in [-0.15, -0.1) is 0 Å². The second-order valence-corrected chi connectivity index (χ2v) is 0.707. The summed E-state index contributed by atoms with van der Waals surface area (Å²) in [5, 5.41) is 0. The molecular formula is Be4. The van der Waals surface area contributed by atoms with E-state index in [-0.39, 0.29) is 0 Å². The molecule has 0 amide bonds. The molecule has 0 fully saturated rings. The summed E-state index contributed by atoms with van der Waals surface area (Å²) in [4.78, 5) is 0. The third-order valence-corrected chi connectivity index (χ3v) is 0.250. The maximum absolute atomic E-state index is 3.54. The number of hydrogen-bond donors (Lipinski definition) is 0. The van der Waals surface area contributed by atoms with Crippen molar-refractivity contribution in [2.24, 2.45) is 0 Å². The summed E-state index contributed by atoms with van der Waals surface area (Å²) in [7, 11) is 9.00. The van der Waals surface area contributed by atoms with Gasteiger partial charge in [-0.2, -0.15) is 0 Å². The monoisotopic (exact) mass is 36.0 g/mol. The van der Waals surface area contributed by atoms with Crippen molar-refractivity contribution in [3.05, 3.63) is 0 Å². The molecule has 0 aliphatic heterocycles. The Kier molecular flexibility index (Phi) is 4.30. The Bertz CT molecular complexity index is 2.00. The quantitative estimate of drug-likeness (QED) is 0.310. The number of rotatable bonds is 1. The van der Waals surface area contributed by atoms with Gasteiger partial charge >= 0.3 is 34.4 Å². The van der Waals surface area contributed by atoms with E-state index in [0.717, 1.165) is 16.2 Å². The topological polar surface area (TPSA) is 0 Å². The van der Waals surface area contributed by atoms with Crippen LogP contribution in [0.15, 0.2) is 0 Å². The van der Waals surface area contributed by atoms with Crippen LogP contribution < -0.4 is 0 Å². The molecule has 4 heteroatoms. The molecule has 0 saturated heterocycles. The zero-order valence-electron chi connectivity index (χ0n) is 2.83. The Hall–Kier alpha value is 0.675. The summed E-state index contributed by atoms with van der Waals surface area (Å²) < 4.78 is 0. The normalized spacial score (nSPS) is 2.50. The first-order valence-corrected chi connectivity index (χ1v) is 1.50. The molecule has 0 nitrogen and oxygen atoms in total. The van der Waals surface area contributed by atoms with Gasteiger partial charge in [-0.3, -0.25) is 0 Å². The van der Waals surface area contributed by atoms with Gasteiger partial charge in [0.05, 0.1) is 0 Å². The second-order valence-electron chi connectivity index (χ2n) is 0.707. The van der Waals surface area contributed by atoms with Gasteiger partial charge in [-0.25, -0.2) is 0 Å². The molecule has 0 heterocycles. The first-order valence-electron chi connectivity index (χ1n) is 1.50. The summed E-state index contributed by atoms with van der Waals surface area (Å²) >= 11 is 0. The van der Waals surface area contributed by atoms with Gasteiger partial charge in [-0.1, -0.05) is 0 Å². The molecule has 4 heavy (non-hydrogen) atoms. The molecule has 0 aliphatic rings. The van der Waals surface area contributed by atoms with Crippen LogP contribution in [0.3, 0.4) is 0 Å². The third kappa shape index (κ3) is 2.68. The summed E-state index contributed by atoms with van der Waals surface area (Å²) in [5.74, 6) is 0. The third-order valence-electron chi connectivity index (χ3n) is 0.250. The molecule has 0 bridgehead atoms. The van der Waals surface area contributed by atoms with E-state index in [1.54, 1.807) is 0 Å². The van der Waals surface area contributed by atoms with Gasteiger partial charge in [-0.05, 0) is 0 Å².